The minimum absolute atomic E-state index is 0.0996. The lowest BCUT2D eigenvalue weighted by Gasteiger charge is -2.21. The molecule has 4 heteroatoms. The van der Waals surface area contributed by atoms with Crippen molar-refractivity contribution in [3.8, 4) is 11.5 Å². The number of hydrogen-bond donors (Lipinski definition) is 2. The molecule has 0 radical (unpaired) electrons. The fourth-order valence-corrected chi connectivity index (χ4v) is 2.15. The monoisotopic (exact) mass is 265 g/mol. The van der Waals surface area contributed by atoms with Gasteiger partial charge in [0.15, 0.2) is 11.5 Å². The molecule has 1 aromatic carbocycles. The Kier molecular flexibility index (Phi) is 5.05. The van der Waals surface area contributed by atoms with Crippen molar-refractivity contribution in [2.24, 2.45) is 5.92 Å². The number of aliphatic hydroxyl groups is 1. The van der Waals surface area contributed by atoms with Crippen LogP contribution in [0.4, 0.5) is 0 Å². The van der Waals surface area contributed by atoms with Crippen molar-refractivity contribution in [1.82, 2.24) is 5.32 Å². The molecule has 106 valence electrons. The molecule has 0 saturated heterocycles. The molecule has 1 unspecified atom stereocenters. The molecule has 2 rings (SSSR count). The summed E-state index contributed by atoms with van der Waals surface area (Å²) in [7, 11) is 0. The van der Waals surface area contributed by atoms with Crippen molar-refractivity contribution in [2.45, 2.75) is 32.9 Å². The van der Waals surface area contributed by atoms with Gasteiger partial charge in [0.1, 0.15) is 0 Å². The van der Waals surface area contributed by atoms with Gasteiger partial charge in [-0.15, -0.1) is 0 Å². The summed E-state index contributed by atoms with van der Waals surface area (Å²) in [4.78, 5) is 0. The number of aliphatic hydroxyl groups excluding tert-OH is 1. The van der Waals surface area contributed by atoms with Gasteiger partial charge in [0.05, 0.1) is 19.8 Å². The van der Waals surface area contributed by atoms with Crippen LogP contribution in [0.5, 0.6) is 11.5 Å². The molecule has 1 atom stereocenters. The topological polar surface area (TPSA) is 50.7 Å². The minimum atomic E-state index is 0.0996. The first-order valence-corrected chi connectivity index (χ1v) is 6.94. The zero-order valence-electron chi connectivity index (χ0n) is 11.7. The van der Waals surface area contributed by atoms with Crippen LogP contribution >= 0.6 is 0 Å². The molecule has 0 aromatic heterocycles. The highest BCUT2D eigenvalue weighted by molar-refractivity contribution is 5.47. The van der Waals surface area contributed by atoms with Crippen LogP contribution < -0.4 is 14.8 Å². The average molecular weight is 265 g/mol. The molecule has 1 heterocycles. The van der Waals surface area contributed by atoms with Crippen molar-refractivity contribution < 1.29 is 14.6 Å². The maximum absolute atomic E-state index is 9.34. The number of hydrogen-bond acceptors (Lipinski definition) is 4. The number of para-hydroxylation sites is 1. The van der Waals surface area contributed by atoms with Crippen LogP contribution in [0.15, 0.2) is 18.2 Å². The van der Waals surface area contributed by atoms with Crippen LogP contribution in [0.2, 0.25) is 0 Å². The number of benzene rings is 1. The lowest BCUT2D eigenvalue weighted by Crippen LogP contribution is -2.36. The number of nitrogens with one attached hydrogen (secondary N) is 1. The van der Waals surface area contributed by atoms with Gasteiger partial charge in [0.25, 0.3) is 0 Å². The van der Waals surface area contributed by atoms with Crippen LogP contribution in [-0.4, -0.2) is 31.0 Å². The van der Waals surface area contributed by atoms with Gasteiger partial charge in [-0.05, 0) is 12.0 Å². The summed E-state index contributed by atoms with van der Waals surface area (Å²) >= 11 is 0. The van der Waals surface area contributed by atoms with Crippen molar-refractivity contribution in [2.75, 3.05) is 19.8 Å². The SMILES string of the molecule is CC(C)C(CO)NCc1cccc2c1OCCCO2. The summed E-state index contributed by atoms with van der Waals surface area (Å²) in [5.74, 6) is 2.05. The van der Waals surface area contributed by atoms with Crippen molar-refractivity contribution in [3.05, 3.63) is 23.8 Å². The highest BCUT2D eigenvalue weighted by Gasteiger charge is 2.16. The molecule has 1 aromatic rings. The first-order valence-electron chi connectivity index (χ1n) is 6.94. The smallest absolute Gasteiger partial charge is 0.165 e. The predicted octanol–water partition coefficient (Wildman–Crippen LogP) is 1.95. The van der Waals surface area contributed by atoms with Gasteiger partial charge in [-0.2, -0.15) is 0 Å². The number of rotatable bonds is 5. The second kappa shape index (κ2) is 6.78. The van der Waals surface area contributed by atoms with E-state index in [1.54, 1.807) is 0 Å². The Balaban J connectivity index is 2.08. The Bertz CT molecular complexity index is 406. The van der Waals surface area contributed by atoms with E-state index in [0.717, 1.165) is 23.5 Å². The molecular formula is C15H23NO3. The average Bonchev–Trinajstić information content (AvgIpc) is 2.64. The van der Waals surface area contributed by atoms with Crippen molar-refractivity contribution in [1.29, 1.82) is 0 Å². The van der Waals surface area contributed by atoms with Gasteiger partial charge < -0.3 is 19.9 Å². The molecule has 2 N–H and O–H groups in total. The highest BCUT2D eigenvalue weighted by Crippen LogP contribution is 2.33. The number of fused-ring (bicyclic) bond motifs is 1. The van der Waals surface area contributed by atoms with E-state index >= 15 is 0 Å². The minimum Gasteiger partial charge on any atom is -0.490 e. The Morgan fingerprint density at radius 1 is 1.26 bits per heavy atom. The van der Waals surface area contributed by atoms with Crippen LogP contribution in [0.1, 0.15) is 25.8 Å². The summed E-state index contributed by atoms with van der Waals surface area (Å²) in [5, 5.41) is 12.7. The normalized spacial score (nSPS) is 16.2. The van der Waals surface area contributed by atoms with E-state index in [1.807, 2.05) is 18.2 Å². The van der Waals surface area contributed by atoms with Gasteiger partial charge >= 0.3 is 0 Å². The van der Waals surface area contributed by atoms with Crippen LogP contribution in [-0.2, 0) is 6.54 Å². The molecule has 0 spiro atoms. The second-order valence-electron chi connectivity index (χ2n) is 5.21. The molecule has 0 fully saturated rings. The lowest BCUT2D eigenvalue weighted by atomic mass is 10.0. The Labute approximate surface area is 114 Å². The molecule has 4 nitrogen and oxygen atoms in total. The van der Waals surface area contributed by atoms with E-state index in [1.165, 1.54) is 0 Å². The lowest BCUT2D eigenvalue weighted by molar-refractivity contribution is 0.209. The fraction of sp³-hybridized carbons (Fsp3) is 0.600. The summed E-state index contributed by atoms with van der Waals surface area (Å²) in [6.07, 6.45) is 0.910. The van der Waals surface area contributed by atoms with E-state index < -0.39 is 0 Å². The van der Waals surface area contributed by atoms with Gasteiger partial charge in [0.2, 0.25) is 0 Å². The van der Waals surface area contributed by atoms with E-state index in [-0.39, 0.29) is 12.6 Å². The third kappa shape index (κ3) is 3.61. The van der Waals surface area contributed by atoms with Gasteiger partial charge in [0, 0.05) is 24.6 Å². The summed E-state index contributed by atoms with van der Waals surface area (Å²) in [6.45, 7) is 6.41. The van der Waals surface area contributed by atoms with E-state index in [0.29, 0.717) is 25.7 Å². The molecule has 0 saturated carbocycles. The standard InChI is InChI=1S/C15H23NO3/c1-11(2)13(10-17)16-9-12-5-3-6-14-15(12)19-8-4-7-18-14/h3,5-6,11,13,16-17H,4,7-10H2,1-2H3. The van der Waals surface area contributed by atoms with E-state index in [2.05, 4.69) is 19.2 Å². The maximum atomic E-state index is 9.34. The van der Waals surface area contributed by atoms with Gasteiger partial charge in [-0.25, -0.2) is 0 Å². The summed E-state index contributed by atoms with van der Waals surface area (Å²) in [6, 6.07) is 6.06. The van der Waals surface area contributed by atoms with Crippen molar-refractivity contribution in [3.63, 3.8) is 0 Å². The first-order chi connectivity index (χ1) is 9.22. The van der Waals surface area contributed by atoms with Gasteiger partial charge in [-0.3, -0.25) is 0 Å². The molecule has 0 aliphatic carbocycles. The molecule has 0 amide bonds. The molecule has 1 aliphatic heterocycles. The summed E-state index contributed by atoms with van der Waals surface area (Å²) in [5.41, 5.74) is 1.08. The fourth-order valence-electron chi connectivity index (χ4n) is 2.15. The summed E-state index contributed by atoms with van der Waals surface area (Å²) < 4.78 is 11.4. The Morgan fingerprint density at radius 2 is 2.05 bits per heavy atom. The second-order valence-corrected chi connectivity index (χ2v) is 5.21. The molecule has 1 aliphatic rings. The molecule has 0 bridgehead atoms. The zero-order chi connectivity index (χ0) is 13.7. The third-order valence-corrected chi connectivity index (χ3v) is 3.41. The van der Waals surface area contributed by atoms with E-state index in [4.69, 9.17) is 9.47 Å². The Hall–Kier alpha value is -1.26. The quantitative estimate of drug-likeness (QED) is 0.854. The maximum Gasteiger partial charge on any atom is 0.165 e. The molecular weight excluding hydrogens is 242 g/mol. The Morgan fingerprint density at radius 3 is 2.79 bits per heavy atom. The largest absolute Gasteiger partial charge is 0.490 e. The van der Waals surface area contributed by atoms with Gasteiger partial charge in [-0.1, -0.05) is 26.0 Å². The highest BCUT2D eigenvalue weighted by atomic mass is 16.5. The third-order valence-electron chi connectivity index (χ3n) is 3.41. The van der Waals surface area contributed by atoms with Crippen LogP contribution in [0, 0.1) is 5.92 Å². The van der Waals surface area contributed by atoms with Crippen LogP contribution in [0.3, 0.4) is 0 Å². The predicted molar refractivity (Wildman–Crippen MR) is 74.6 cm³/mol. The zero-order valence-corrected chi connectivity index (χ0v) is 11.7. The first kappa shape index (κ1) is 14.2. The van der Waals surface area contributed by atoms with Crippen molar-refractivity contribution >= 4 is 0 Å². The van der Waals surface area contributed by atoms with E-state index in [9.17, 15) is 5.11 Å². The van der Waals surface area contributed by atoms with Crippen LogP contribution in [0.25, 0.3) is 0 Å². The number of ether oxygens (including phenoxy) is 2. The molecule has 19 heavy (non-hydrogen) atoms.